The van der Waals surface area contributed by atoms with E-state index in [1.807, 2.05) is 41.5 Å². The molecule has 20 nitrogen and oxygen atoms in total. The van der Waals surface area contributed by atoms with Crippen LogP contribution in [0.25, 0.3) is 0 Å². The molecule has 2 aromatic rings. The average molecular weight is 883 g/mol. The highest BCUT2D eigenvalue weighted by Gasteiger charge is 2.47. The number of para-hydroxylation sites is 1. The summed E-state index contributed by atoms with van der Waals surface area (Å²) in [6, 6.07) is 9.22. The lowest BCUT2D eigenvalue weighted by Crippen LogP contribution is -2.28. The van der Waals surface area contributed by atoms with E-state index in [-0.39, 0.29) is 35.7 Å². The highest BCUT2D eigenvalue weighted by Crippen LogP contribution is 2.44. The van der Waals surface area contributed by atoms with E-state index in [4.69, 9.17) is 25.3 Å². The van der Waals surface area contributed by atoms with Crippen molar-refractivity contribution in [3.63, 3.8) is 0 Å². The molecule has 0 spiro atoms. The number of rotatable bonds is 10. The van der Waals surface area contributed by atoms with Gasteiger partial charge in [0.2, 0.25) is 11.4 Å². The maximum absolute atomic E-state index is 11.7. The molecular formula is C28H38N2O18S6. The minimum Gasteiger partial charge on any atom is -0.748 e. The molecule has 26 heteroatoms. The average Bonchev–Trinajstić information content (AvgIpc) is 3.28. The zero-order valence-electron chi connectivity index (χ0n) is 29.5. The molecule has 4 rings (SSSR count). The summed E-state index contributed by atoms with van der Waals surface area (Å²) in [6.45, 7) is 11.6. The van der Waals surface area contributed by atoms with Gasteiger partial charge in [0.15, 0.2) is 16.3 Å². The Morgan fingerprint density at radius 3 is 1.39 bits per heavy atom. The van der Waals surface area contributed by atoms with Crippen molar-refractivity contribution in [1.29, 1.82) is 0 Å². The molecule has 0 aliphatic carbocycles. The first-order valence-electron chi connectivity index (χ1n) is 15.0. The van der Waals surface area contributed by atoms with Crippen molar-refractivity contribution in [2.45, 2.75) is 75.0 Å². The lowest BCUT2D eigenvalue weighted by molar-refractivity contribution is -0.441. The van der Waals surface area contributed by atoms with Crippen molar-refractivity contribution in [3.05, 3.63) is 47.5 Å². The maximum atomic E-state index is 11.7. The fraction of sp³-hybridized carbons (Fsp3) is 0.500. The predicted molar refractivity (Wildman–Crippen MR) is 187 cm³/mol. The van der Waals surface area contributed by atoms with Gasteiger partial charge in [-0.3, -0.25) is 9.11 Å². The van der Waals surface area contributed by atoms with Crippen molar-refractivity contribution in [3.8, 4) is 0 Å². The summed E-state index contributed by atoms with van der Waals surface area (Å²) in [7, 11) is -23.6. The normalized spacial score (nSPS) is 15.7. The van der Waals surface area contributed by atoms with Crippen molar-refractivity contribution in [2.24, 2.45) is 0 Å². The van der Waals surface area contributed by atoms with E-state index in [0.29, 0.717) is 16.9 Å². The van der Waals surface area contributed by atoms with E-state index in [1.54, 1.807) is 27.4 Å². The van der Waals surface area contributed by atoms with Crippen LogP contribution in [0.1, 0.15) is 65.5 Å². The van der Waals surface area contributed by atoms with Gasteiger partial charge in [0.05, 0.1) is 36.6 Å². The topological polar surface area (TPSA) is 332 Å². The molecule has 0 radical (unpaired) electrons. The summed E-state index contributed by atoms with van der Waals surface area (Å²) in [6.07, 6.45) is 0.202. The molecule has 2 aliphatic rings. The predicted octanol–water partition coefficient (Wildman–Crippen LogP) is 0.521. The Morgan fingerprint density at radius 2 is 0.981 bits per heavy atom. The molecule has 2 aliphatic heterocycles. The van der Waals surface area contributed by atoms with Crippen LogP contribution in [0.15, 0.2) is 46.2 Å². The Morgan fingerprint density at radius 1 is 0.611 bits per heavy atom. The Balaban J connectivity index is 0.000000450. The van der Waals surface area contributed by atoms with Crippen LogP contribution >= 0.6 is 0 Å². The second-order valence-corrected chi connectivity index (χ2v) is 19.3. The molecule has 0 unspecified atom stereocenters. The minimum absolute atomic E-state index is 0.0680. The summed E-state index contributed by atoms with van der Waals surface area (Å²) in [4.78, 5) is -0.372. The summed E-state index contributed by atoms with van der Waals surface area (Å²) < 4.78 is 184. The molecule has 0 fully saturated rings. The van der Waals surface area contributed by atoms with E-state index in [0.717, 1.165) is 17.0 Å². The van der Waals surface area contributed by atoms with Crippen LogP contribution in [0.3, 0.4) is 0 Å². The quantitative estimate of drug-likeness (QED) is 0.243. The first-order valence-corrected chi connectivity index (χ1v) is 23.1. The largest absolute Gasteiger partial charge is 0.748 e. The lowest BCUT2D eigenvalue weighted by Gasteiger charge is -2.17. The van der Waals surface area contributed by atoms with Crippen LogP contribution in [0.4, 0.5) is 11.4 Å². The molecular weight excluding hydrogens is 845 g/mol. The van der Waals surface area contributed by atoms with Gasteiger partial charge in [0.1, 0.15) is 18.0 Å². The van der Waals surface area contributed by atoms with Gasteiger partial charge in [-0.2, -0.15) is 26.0 Å². The number of hydrogen-bond acceptors (Lipinski definition) is 16. The molecule has 0 aromatic heterocycles. The first-order chi connectivity index (χ1) is 24.2. The van der Waals surface area contributed by atoms with E-state index < -0.39 is 84.0 Å². The second-order valence-electron chi connectivity index (χ2n) is 12.6. The van der Waals surface area contributed by atoms with Gasteiger partial charge < -0.3 is 9.11 Å². The summed E-state index contributed by atoms with van der Waals surface area (Å²) >= 11 is 0. The SMILES string of the molecule is CC1=[N+](CCCS(=O)(=O)[O-])c2c(cccc2S(=O)(=O)O)C1(C)C.CC1=[N+](CCCS(=O)(=O)[O-])c2cccc(S(=O)(=O)O)c2C1(C)C.O=S(=O)=O.O=S(=O)=O. The molecule has 0 amide bonds. The van der Waals surface area contributed by atoms with Gasteiger partial charge in [0.25, 0.3) is 10.1 Å². The fourth-order valence-corrected chi connectivity index (χ4v) is 8.41. The Labute approximate surface area is 316 Å². The zero-order valence-corrected chi connectivity index (χ0v) is 34.4. The number of benzene rings is 2. The highest BCUT2D eigenvalue weighted by molar-refractivity contribution is 7.86. The van der Waals surface area contributed by atoms with Gasteiger partial charge in [-0.1, -0.05) is 18.2 Å². The van der Waals surface area contributed by atoms with E-state index >= 15 is 0 Å². The summed E-state index contributed by atoms with van der Waals surface area (Å²) in [5.41, 5.74) is 2.70. The molecule has 0 bridgehead atoms. The van der Waals surface area contributed by atoms with Crippen LogP contribution in [0, 0.1) is 0 Å². The van der Waals surface area contributed by atoms with Gasteiger partial charge in [-0.05, 0) is 39.8 Å². The van der Waals surface area contributed by atoms with E-state index in [9.17, 15) is 51.9 Å². The van der Waals surface area contributed by atoms with Crippen molar-refractivity contribution in [1.82, 2.24) is 0 Å². The monoisotopic (exact) mass is 882 g/mol. The van der Waals surface area contributed by atoms with Gasteiger partial charge in [-0.25, -0.2) is 16.8 Å². The second kappa shape index (κ2) is 18.1. The molecule has 304 valence electrons. The van der Waals surface area contributed by atoms with Gasteiger partial charge >= 0.3 is 31.3 Å². The number of hydrogen-bond donors (Lipinski definition) is 2. The highest BCUT2D eigenvalue weighted by atomic mass is 32.2. The lowest BCUT2D eigenvalue weighted by atomic mass is 9.82. The molecule has 0 saturated heterocycles. The maximum Gasteiger partial charge on any atom is 0.425 e. The van der Waals surface area contributed by atoms with Crippen LogP contribution in [0.5, 0.6) is 0 Å². The molecule has 2 aromatic carbocycles. The Bertz CT molecular complexity index is 2480. The number of nitrogens with zero attached hydrogens (tertiary/aromatic N) is 2. The molecule has 0 saturated carbocycles. The van der Waals surface area contributed by atoms with Crippen LogP contribution in [0.2, 0.25) is 0 Å². The van der Waals surface area contributed by atoms with Crippen molar-refractivity contribution in [2.75, 3.05) is 24.6 Å². The zero-order chi connectivity index (χ0) is 42.4. The standard InChI is InChI=1S/2C14H19NO6S2.2O3S/c1-10-14(2,3)13-11(6-4-7-12(13)23(19,20)21)15(10)8-5-9-22(16,17)18;1-10-14(2,3)11-6-4-7-12(23(19,20)21)13(11)15(10)8-5-9-22(16,17)18;2*1-4(2)3/h2*4,6-7H,5,8-9H2,1-3H3,(H-,16,17,18,19,20,21);;. The van der Waals surface area contributed by atoms with Gasteiger partial charge in [0, 0.05) is 49.8 Å². The molecule has 2 heterocycles. The van der Waals surface area contributed by atoms with E-state index in [2.05, 4.69) is 0 Å². The summed E-state index contributed by atoms with van der Waals surface area (Å²) in [5, 5.41) is 0. The minimum atomic E-state index is -4.42. The number of fused-ring (bicyclic) bond motifs is 2. The van der Waals surface area contributed by atoms with Crippen molar-refractivity contribution >= 4 is 84.5 Å². The third-order valence-corrected chi connectivity index (χ3v) is 11.9. The van der Waals surface area contributed by atoms with Crippen LogP contribution in [-0.2, 0) is 72.5 Å². The first kappa shape index (κ1) is 48.7. The summed E-state index contributed by atoms with van der Waals surface area (Å²) in [5.74, 6) is -1.01. The smallest absolute Gasteiger partial charge is 0.425 e. The third-order valence-electron chi connectivity index (χ3n) is 8.59. The third kappa shape index (κ3) is 13.4. The Kier molecular flexibility index (Phi) is 16.3. The van der Waals surface area contributed by atoms with Gasteiger partial charge in [-0.15, -0.1) is 25.3 Å². The van der Waals surface area contributed by atoms with Crippen LogP contribution < -0.4 is 0 Å². The fourth-order valence-electron chi connectivity index (χ4n) is 5.87. The van der Waals surface area contributed by atoms with Crippen molar-refractivity contribution < 1.29 is 86.3 Å². The molecule has 54 heavy (non-hydrogen) atoms. The van der Waals surface area contributed by atoms with E-state index in [1.165, 1.54) is 18.2 Å². The molecule has 0 atom stereocenters. The Hall–Kier alpha value is -3.34. The molecule has 2 N–H and O–H groups in total. The van der Waals surface area contributed by atoms with Crippen LogP contribution in [-0.4, -0.2) is 122 Å².